The lowest BCUT2D eigenvalue weighted by molar-refractivity contribution is -0.117. The fourth-order valence-corrected chi connectivity index (χ4v) is 4.50. The molecule has 2 amide bonds. The number of nitrogens with zero attached hydrogens (tertiary/aromatic N) is 2. The molecule has 1 aromatic heterocycles. The van der Waals surface area contributed by atoms with Crippen molar-refractivity contribution in [2.75, 3.05) is 11.4 Å². The van der Waals surface area contributed by atoms with E-state index < -0.39 is 0 Å². The van der Waals surface area contributed by atoms with Crippen molar-refractivity contribution in [2.24, 2.45) is 0 Å². The lowest BCUT2D eigenvalue weighted by Crippen LogP contribution is -2.30. The van der Waals surface area contributed by atoms with Gasteiger partial charge in [-0.2, -0.15) is 0 Å². The molecule has 5 nitrogen and oxygen atoms in total. The highest BCUT2D eigenvalue weighted by atomic mass is 16.2. The summed E-state index contributed by atoms with van der Waals surface area (Å²) in [6.45, 7) is 3.09. The number of aromatic nitrogens is 1. The number of carbonyl (C=O) groups is 2. The number of nitrogens with one attached hydrogen (secondary N) is 1. The molecule has 0 unspecified atom stereocenters. The molecule has 1 N–H and O–H groups in total. The van der Waals surface area contributed by atoms with Crippen LogP contribution in [0, 0.1) is 6.92 Å². The number of pyridine rings is 1. The Balaban J connectivity index is 1.25. The van der Waals surface area contributed by atoms with E-state index in [4.69, 9.17) is 0 Å². The van der Waals surface area contributed by atoms with Gasteiger partial charge in [0.2, 0.25) is 5.91 Å². The predicted octanol–water partition coefficient (Wildman–Crippen LogP) is 5.12. The molecule has 1 aliphatic rings. The van der Waals surface area contributed by atoms with Gasteiger partial charge in [0.05, 0.1) is 6.42 Å². The van der Waals surface area contributed by atoms with Crippen LogP contribution in [0.4, 0.5) is 5.69 Å². The maximum Gasteiger partial charge on any atom is 0.251 e. The van der Waals surface area contributed by atoms with Crippen molar-refractivity contribution in [2.45, 2.75) is 26.3 Å². The van der Waals surface area contributed by atoms with E-state index in [9.17, 15) is 9.59 Å². The summed E-state index contributed by atoms with van der Waals surface area (Å²) < 4.78 is 0. The molecular weight excluding hydrogens is 434 g/mol. The summed E-state index contributed by atoms with van der Waals surface area (Å²) in [4.78, 5) is 31.6. The molecule has 0 aliphatic carbocycles. The van der Waals surface area contributed by atoms with Crippen molar-refractivity contribution < 1.29 is 9.59 Å². The minimum absolute atomic E-state index is 0.110. The van der Waals surface area contributed by atoms with Crippen LogP contribution in [-0.2, 0) is 24.2 Å². The number of hydrogen-bond acceptors (Lipinski definition) is 3. The topological polar surface area (TPSA) is 62.3 Å². The molecule has 0 saturated heterocycles. The normalized spacial score (nSPS) is 12.3. The number of benzene rings is 3. The van der Waals surface area contributed by atoms with Gasteiger partial charge in [-0.05, 0) is 71.5 Å². The van der Waals surface area contributed by atoms with Gasteiger partial charge >= 0.3 is 0 Å². The first kappa shape index (κ1) is 22.5. The van der Waals surface area contributed by atoms with Crippen molar-refractivity contribution in [3.63, 3.8) is 0 Å². The Labute approximate surface area is 205 Å². The van der Waals surface area contributed by atoms with Gasteiger partial charge in [0, 0.05) is 36.2 Å². The molecule has 3 aromatic carbocycles. The predicted molar refractivity (Wildman–Crippen MR) is 138 cm³/mol. The number of aryl methyl sites for hydroxylation is 1. The number of fused-ring (bicyclic) bond motifs is 1. The van der Waals surface area contributed by atoms with Crippen molar-refractivity contribution in [3.8, 4) is 11.1 Å². The lowest BCUT2D eigenvalue weighted by Gasteiger charge is -2.18. The second kappa shape index (κ2) is 9.94. The Morgan fingerprint density at radius 2 is 1.69 bits per heavy atom. The SMILES string of the molecule is Cc1ncccc1CNC(=O)c1ccc(-c2ccc3c(c2)CCN3C(=O)Cc2ccccc2)cc1. The van der Waals surface area contributed by atoms with Crippen LogP contribution in [-0.4, -0.2) is 23.3 Å². The lowest BCUT2D eigenvalue weighted by atomic mass is 10.0. The molecule has 174 valence electrons. The van der Waals surface area contributed by atoms with E-state index in [1.165, 1.54) is 5.56 Å². The molecule has 0 saturated carbocycles. The Kier molecular flexibility index (Phi) is 6.40. The smallest absolute Gasteiger partial charge is 0.251 e. The van der Waals surface area contributed by atoms with Crippen molar-refractivity contribution >= 4 is 17.5 Å². The zero-order valence-corrected chi connectivity index (χ0v) is 19.7. The van der Waals surface area contributed by atoms with Crippen LogP contribution in [0.15, 0.2) is 91.1 Å². The van der Waals surface area contributed by atoms with E-state index >= 15 is 0 Å². The fourth-order valence-electron chi connectivity index (χ4n) is 4.50. The standard InChI is InChI=1S/C30H27N3O2/c1-21-27(8-5-16-31-21)20-32-30(35)24-11-9-23(10-12-24)25-13-14-28-26(19-25)15-17-33(28)29(34)18-22-6-3-2-4-7-22/h2-14,16,19H,15,17-18,20H2,1H3,(H,32,35). The zero-order chi connectivity index (χ0) is 24.2. The van der Waals surface area contributed by atoms with Gasteiger partial charge < -0.3 is 10.2 Å². The Bertz CT molecular complexity index is 1360. The average Bonchev–Trinajstić information content (AvgIpc) is 3.32. The molecule has 2 heterocycles. The number of rotatable bonds is 6. The third-order valence-corrected chi connectivity index (χ3v) is 6.51. The van der Waals surface area contributed by atoms with Crippen LogP contribution in [0.1, 0.15) is 32.7 Å². The monoisotopic (exact) mass is 461 g/mol. The molecule has 5 heteroatoms. The molecule has 0 atom stereocenters. The fraction of sp³-hybridized carbons (Fsp3) is 0.167. The average molecular weight is 462 g/mol. The second-order valence-electron chi connectivity index (χ2n) is 8.81. The molecule has 35 heavy (non-hydrogen) atoms. The van der Waals surface area contributed by atoms with Crippen LogP contribution >= 0.6 is 0 Å². The summed E-state index contributed by atoms with van der Waals surface area (Å²) in [7, 11) is 0. The van der Waals surface area contributed by atoms with Crippen LogP contribution in [0.2, 0.25) is 0 Å². The summed E-state index contributed by atoms with van der Waals surface area (Å²) in [5, 5.41) is 2.97. The van der Waals surface area contributed by atoms with E-state index in [2.05, 4.69) is 16.4 Å². The van der Waals surface area contributed by atoms with Crippen molar-refractivity contribution in [1.82, 2.24) is 10.3 Å². The summed E-state index contributed by atoms with van der Waals surface area (Å²) in [5.41, 5.74) is 7.87. The summed E-state index contributed by atoms with van der Waals surface area (Å²) in [6.07, 6.45) is 3.00. The Hall–Kier alpha value is -4.25. The van der Waals surface area contributed by atoms with Crippen molar-refractivity contribution in [3.05, 3.63) is 119 Å². The van der Waals surface area contributed by atoms with Gasteiger partial charge in [0.15, 0.2) is 0 Å². The Morgan fingerprint density at radius 3 is 2.46 bits per heavy atom. The summed E-state index contributed by atoms with van der Waals surface area (Å²) in [6, 6.07) is 27.6. The number of amides is 2. The largest absolute Gasteiger partial charge is 0.348 e. The molecule has 5 rings (SSSR count). The highest BCUT2D eigenvalue weighted by Crippen LogP contribution is 2.33. The molecule has 0 spiro atoms. The highest BCUT2D eigenvalue weighted by Gasteiger charge is 2.25. The van der Waals surface area contributed by atoms with Crippen LogP contribution in [0.3, 0.4) is 0 Å². The molecule has 0 fully saturated rings. The number of anilines is 1. The zero-order valence-electron chi connectivity index (χ0n) is 19.7. The minimum atomic E-state index is -0.110. The van der Waals surface area contributed by atoms with E-state index in [1.54, 1.807) is 6.20 Å². The molecule has 0 radical (unpaired) electrons. The van der Waals surface area contributed by atoms with E-state index in [0.717, 1.165) is 40.1 Å². The number of hydrogen-bond donors (Lipinski definition) is 1. The minimum Gasteiger partial charge on any atom is -0.348 e. The molecule has 4 aromatic rings. The van der Waals surface area contributed by atoms with Crippen LogP contribution in [0.5, 0.6) is 0 Å². The highest BCUT2D eigenvalue weighted by molar-refractivity contribution is 5.97. The van der Waals surface area contributed by atoms with Gasteiger partial charge in [-0.25, -0.2) is 0 Å². The third kappa shape index (κ3) is 4.99. The second-order valence-corrected chi connectivity index (χ2v) is 8.81. The first-order valence-electron chi connectivity index (χ1n) is 11.8. The number of carbonyl (C=O) groups excluding carboxylic acids is 2. The van der Waals surface area contributed by atoms with Crippen molar-refractivity contribution in [1.29, 1.82) is 0 Å². The maximum atomic E-state index is 12.9. The molecular formula is C30H27N3O2. The van der Waals surface area contributed by atoms with Gasteiger partial charge in [-0.3, -0.25) is 14.6 Å². The van der Waals surface area contributed by atoms with Gasteiger partial charge in [0.1, 0.15) is 0 Å². The van der Waals surface area contributed by atoms with E-state index in [1.807, 2.05) is 90.7 Å². The first-order chi connectivity index (χ1) is 17.1. The quantitative estimate of drug-likeness (QED) is 0.434. The maximum absolute atomic E-state index is 12.9. The molecule has 1 aliphatic heterocycles. The molecule has 0 bridgehead atoms. The first-order valence-corrected chi connectivity index (χ1v) is 11.8. The van der Waals surface area contributed by atoms with Gasteiger partial charge in [0.25, 0.3) is 5.91 Å². The summed E-state index contributed by atoms with van der Waals surface area (Å²) >= 11 is 0. The van der Waals surface area contributed by atoms with Gasteiger partial charge in [-0.15, -0.1) is 0 Å². The van der Waals surface area contributed by atoms with E-state index in [0.29, 0.717) is 25.1 Å². The van der Waals surface area contributed by atoms with Crippen LogP contribution < -0.4 is 10.2 Å². The van der Waals surface area contributed by atoms with Gasteiger partial charge in [-0.1, -0.05) is 54.6 Å². The summed E-state index contributed by atoms with van der Waals surface area (Å²) in [5.74, 6) is 0.0147. The third-order valence-electron chi connectivity index (χ3n) is 6.51. The van der Waals surface area contributed by atoms with Crippen LogP contribution in [0.25, 0.3) is 11.1 Å². The van der Waals surface area contributed by atoms with E-state index in [-0.39, 0.29) is 11.8 Å². The Morgan fingerprint density at radius 1 is 0.914 bits per heavy atom.